The molecule has 1 N–H and O–H groups in total. The molecule has 1 heterocycles. The first kappa shape index (κ1) is 27.7. The second-order valence-corrected chi connectivity index (χ2v) is 9.93. The number of aromatic nitrogens is 1. The summed E-state index contributed by atoms with van der Waals surface area (Å²) in [6, 6.07) is 12.8. The van der Waals surface area contributed by atoms with Gasteiger partial charge < -0.3 is 18.9 Å². The molecule has 39 heavy (non-hydrogen) atoms. The predicted octanol–water partition coefficient (Wildman–Crippen LogP) is 6.16. The normalized spacial score (nSPS) is 11.0. The van der Waals surface area contributed by atoms with Crippen molar-refractivity contribution in [3.8, 4) is 23.0 Å². The summed E-state index contributed by atoms with van der Waals surface area (Å²) < 4.78 is 22.8. The molecule has 0 fully saturated rings. The largest absolute Gasteiger partial charge is 0.493 e. The van der Waals surface area contributed by atoms with E-state index in [9.17, 15) is 9.59 Å². The van der Waals surface area contributed by atoms with Crippen molar-refractivity contribution in [2.45, 2.75) is 20.8 Å². The molecule has 0 unspecified atom stereocenters. The van der Waals surface area contributed by atoms with Gasteiger partial charge in [-0.05, 0) is 79.4 Å². The quantitative estimate of drug-likeness (QED) is 0.188. The van der Waals surface area contributed by atoms with Crippen molar-refractivity contribution in [2.75, 3.05) is 33.3 Å². The highest BCUT2D eigenvalue weighted by atomic mass is 32.1. The number of methoxy groups -OCH3 is 3. The molecule has 3 aromatic carbocycles. The number of allylic oxidation sites excluding steroid dienone is 1. The van der Waals surface area contributed by atoms with Crippen molar-refractivity contribution in [3.05, 3.63) is 76.4 Å². The lowest BCUT2D eigenvalue weighted by Crippen LogP contribution is -2.20. The van der Waals surface area contributed by atoms with Crippen LogP contribution < -0.4 is 24.3 Å². The van der Waals surface area contributed by atoms with Crippen LogP contribution in [0.4, 0.5) is 5.13 Å². The Morgan fingerprint density at radius 2 is 1.56 bits per heavy atom. The van der Waals surface area contributed by atoms with Crippen LogP contribution in [0, 0.1) is 20.8 Å². The number of nitrogens with zero attached hydrogens (tertiary/aromatic N) is 1. The van der Waals surface area contributed by atoms with E-state index < -0.39 is 0 Å². The average molecular weight is 547 g/mol. The van der Waals surface area contributed by atoms with Gasteiger partial charge in [0.1, 0.15) is 5.75 Å². The fourth-order valence-corrected chi connectivity index (χ4v) is 4.86. The topological polar surface area (TPSA) is 96.0 Å². The van der Waals surface area contributed by atoms with Gasteiger partial charge in [-0.1, -0.05) is 29.5 Å². The SMILES string of the molecule is COc1cc(C(=O)/C=C/c2ccc(C)c(OCC(=O)Nc3nc4cc(C)c(C)cc4s3)c2)cc(OC)c1OC. The molecule has 0 radical (unpaired) electrons. The molecule has 0 saturated carbocycles. The van der Waals surface area contributed by atoms with Crippen LogP contribution >= 0.6 is 11.3 Å². The maximum absolute atomic E-state index is 12.9. The molecule has 0 aliphatic heterocycles. The maximum atomic E-state index is 12.9. The van der Waals surface area contributed by atoms with Crippen LogP contribution in [0.2, 0.25) is 0 Å². The van der Waals surface area contributed by atoms with Crippen LogP contribution in [0.5, 0.6) is 23.0 Å². The number of ether oxygens (including phenoxy) is 4. The van der Waals surface area contributed by atoms with Crippen molar-refractivity contribution in [3.63, 3.8) is 0 Å². The smallest absolute Gasteiger partial charge is 0.264 e. The van der Waals surface area contributed by atoms with E-state index in [1.165, 1.54) is 44.3 Å². The Kier molecular flexibility index (Phi) is 8.51. The van der Waals surface area contributed by atoms with Crippen LogP contribution in [-0.4, -0.2) is 44.6 Å². The van der Waals surface area contributed by atoms with Gasteiger partial charge in [-0.15, -0.1) is 0 Å². The number of thiazole rings is 1. The number of carbonyl (C=O) groups excluding carboxylic acids is 2. The van der Waals surface area contributed by atoms with Gasteiger partial charge in [0, 0.05) is 5.56 Å². The van der Waals surface area contributed by atoms with E-state index in [1.807, 2.05) is 32.0 Å². The number of nitrogens with one attached hydrogen (secondary N) is 1. The van der Waals surface area contributed by atoms with Crippen molar-refractivity contribution in [1.82, 2.24) is 4.98 Å². The molecule has 4 rings (SSSR count). The summed E-state index contributed by atoms with van der Waals surface area (Å²) in [5, 5.41) is 3.35. The van der Waals surface area contributed by atoms with E-state index in [1.54, 1.807) is 24.3 Å². The van der Waals surface area contributed by atoms with E-state index >= 15 is 0 Å². The van der Waals surface area contributed by atoms with Gasteiger partial charge >= 0.3 is 0 Å². The van der Waals surface area contributed by atoms with Gasteiger partial charge in [0.2, 0.25) is 5.75 Å². The molecule has 0 aliphatic rings. The van der Waals surface area contributed by atoms with E-state index in [0.717, 1.165) is 26.9 Å². The number of anilines is 1. The number of carbonyl (C=O) groups is 2. The zero-order valence-corrected chi connectivity index (χ0v) is 23.5. The van der Waals surface area contributed by atoms with E-state index in [4.69, 9.17) is 18.9 Å². The molecule has 0 spiro atoms. The van der Waals surface area contributed by atoms with Crippen LogP contribution in [0.15, 0.2) is 48.5 Å². The minimum atomic E-state index is -0.305. The lowest BCUT2D eigenvalue weighted by molar-refractivity contribution is -0.118. The Labute approximate surface area is 231 Å². The number of aryl methyl sites for hydroxylation is 3. The Morgan fingerprint density at radius 3 is 2.23 bits per heavy atom. The van der Waals surface area contributed by atoms with E-state index in [2.05, 4.69) is 23.3 Å². The standard InChI is InChI=1S/C30H30N2O6S/c1-17-7-8-20(9-10-23(33)21-14-25(35-4)29(37-6)26(15-21)36-5)13-24(17)38-16-28(34)32-30-31-22-11-18(2)19(3)12-27(22)39-30/h7-15H,16H2,1-6H3,(H,31,32,34)/b10-9+. The summed E-state index contributed by atoms with van der Waals surface area (Å²) in [6.45, 7) is 5.80. The summed E-state index contributed by atoms with van der Waals surface area (Å²) >= 11 is 1.43. The molecule has 9 heteroatoms. The zero-order chi connectivity index (χ0) is 28.1. The lowest BCUT2D eigenvalue weighted by Gasteiger charge is -2.13. The second kappa shape index (κ2) is 12.0. The maximum Gasteiger partial charge on any atom is 0.264 e. The molecule has 1 amide bonds. The summed E-state index contributed by atoms with van der Waals surface area (Å²) in [7, 11) is 4.50. The molecule has 1 aromatic heterocycles. The minimum Gasteiger partial charge on any atom is -0.493 e. The van der Waals surface area contributed by atoms with Crippen LogP contribution in [0.25, 0.3) is 16.3 Å². The Hall–Kier alpha value is -4.37. The van der Waals surface area contributed by atoms with Gasteiger partial charge in [0.15, 0.2) is 29.0 Å². The average Bonchev–Trinajstić information content (AvgIpc) is 3.31. The molecule has 4 aromatic rings. The van der Waals surface area contributed by atoms with Crippen molar-refractivity contribution in [2.24, 2.45) is 0 Å². The first-order valence-electron chi connectivity index (χ1n) is 12.2. The zero-order valence-electron chi connectivity index (χ0n) is 22.7. The van der Waals surface area contributed by atoms with Crippen molar-refractivity contribution in [1.29, 1.82) is 0 Å². The third-order valence-electron chi connectivity index (χ3n) is 6.20. The molecular weight excluding hydrogens is 516 g/mol. The Balaban J connectivity index is 1.42. The van der Waals surface area contributed by atoms with Crippen LogP contribution in [0.3, 0.4) is 0 Å². The monoisotopic (exact) mass is 546 g/mol. The van der Waals surface area contributed by atoms with Gasteiger partial charge in [-0.25, -0.2) is 4.98 Å². The van der Waals surface area contributed by atoms with Crippen LogP contribution in [0.1, 0.15) is 32.6 Å². The molecular formula is C30H30N2O6S. The number of hydrogen-bond donors (Lipinski definition) is 1. The fraction of sp³-hybridized carbons (Fsp3) is 0.233. The number of benzene rings is 3. The van der Waals surface area contributed by atoms with Gasteiger partial charge in [-0.3, -0.25) is 14.9 Å². The third kappa shape index (κ3) is 6.38. The second-order valence-electron chi connectivity index (χ2n) is 8.90. The number of fused-ring (bicyclic) bond motifs is 1. The first-order valence-corrected chi connectivity index (χ1v) is 13.0. The van der Waals surface area contributed by atoms with Gasteiger partial charge in [0.05, 0.1) is 31.5 Å². The molecule has 0 bridgehead atoms. The molecule has 0 atom stereocenters. The lowest BCUT2D eigenvalue weighted by atomic mass is 10.1. The summed E-state index contributed by atoms with van der Waals surface area (Å²) in [6.07, 6.45) is 3.14. The predicted molar refractivity (Wildman–Crippen MR) is 154 cm³/mol. The first-order chi connectivity index (χ1) is 18.7. The van der Waals surface area contributed by atoms with E-state index in [-0.39, 0.29) is 18.3 Å². The van der Waals surface area contributed by atoms with Crippen LogP contribution in [-0.2, 0) is 4.79 Å². The number of amides is 1. The highest BCUT2D eigenvalue weighted by Gasteiger charge is 2.16. The molecule has 0 aliphatic carbocycles. The van der Waals surface area contributed by atoms with Crippen molar-refractivity contribution >= 4 is 44.5 Å². The summed E-state index contributed by atoms with van der Waals surface area (Å²) in [4.78, 5) is 29.9. The number of hydrogen-bond acceptors (Lipinski definition) is 8. The highest BCUT2D eigenvalue weighted by molar-refractivity contribution is 7.22. The van der Waals surface area contributed by atoms with E-state index in [0.29, 0.717) is 33.7 Å². The van der Waals surface area contributed by atoms with Gasteiger partial charge in [0.25, 0.3) is 5.91 Å². The third-order valence-corrected chi connectivity index (χ3v) is 7.13. The van der Waals surface area contributed by atoms with Crippen molar-refractivity contribution < 1.29 is 28.5 Å². The Morgan fingerprint density at radius 1 is 0.872 bits per heavy atom. The summed E-state index contributed by atoms with van der Waals surface area (Å²) in [5.41, 5.74) is 5.19. The number of rotatable bonds is 10. The summed E-state index contributed by atoms with van der Waals surface area (Å²) in [5.74, 6) is 1.21. The molecule has 202 valence electrons. The fourth-order valence-electron chi connectivity index (χ4n) is 3.90. The van der Waals surface area contributed by atoms with Gasteiger partial charge in [-0.2, -0.15) is 0 Å². The number of ketones is 1. The molecule has 8 nitrogen and oxygen atoms in total. The molecule has 0 saturated heterocycles. The Bertz CT molecular complexity index is 1510. The highest BCUT2D eigenvalue weighted by Crippen LogP contribution is 2.38. The minimum absolute atomic E-state index is 0.174.